The minimum Gasteiger partial charge on any atom is -0.336 e. The van der Waals surface area contributed by atoms with E-state index in [1.54, 1.807) is 40.1 Å². The summed E-state index contributed by atoms with van der Waals surface area (Å²) >= 11 is 0. The maximum absolute atomic E-state index is 14.5. The van der Waals surface area contributed by atoms with Gasteiger partial charge in [0.25, 0.3) is 0 Å². The lowest BCUT2D eigenvalue weighted by molar-refractivity contribution is -0.144. The summed E-state index contributed by atoms with van der Waals surface area (Å²) in [6.07, 6.45) is 4.37. The van der Waals surface area contributed by atoms with Crippen LogP contribution in [-0.4, -0.2) is 49.0 Å². The van der Waals surface area contributed by atoms with Crippen LogP contribution in [0.15, 0.2) is 116 Å². The number of halogens is 3. The van der Waals surface area contributed by atoms with Crippen molar-refractivity contribution >= 4 is 17.9 Å². The van der Waals surface area contributed by atoms with E-state index in [9.17, 15) is 22.8 Å². The van der Waals surface area contributed by atoms with E-state index in [-0.39, 0.29) is 18.9 Å². The van der Waals surface area contributed by atoms with Crippen molar-refractivity contribution in [3.63, 3.8) is 0 Å². The van der Waals surface area contributed by atoms with Gasteiger partial charge in [-0.1, -0.05) is 60.7 Å². The molecule has 244 valence electrons. The Kier molecular flexibility index (Phi) is 9.52. The molecule has 3 heterocycles. The molecule has 0 fully saturated rings. The Bertz CT molecular complexity index is 1900. The lowest BCUT2D eigenvalue weighted by atomic mass is 9.98. The number of amides is 2. The molecule has 10 heteroatoms. The highest BCUT2D eigenvalue weighted by atomic mass is 19.4. The van der Waals surface area contributed by atoms with Gasteiger partial charge in [0.2, 0.25) is 11.8 Å². The van der Waals surface area contributed by atoms with E-state index in [0.717, 1.165) is 40.1 Å². The summed E-state index contributed by atoms with van der Waals surface area (Å²) in [5.74, 6) is -0.624. The van der Waals surface area contributed by atoms with Gasteiger partial charge in [0.1, 0.15) is 6.04 Å². The zero-order valence-corrected chi connectivity index (χ0v) is 26.3. The monoisotopic (exact) mass is 649 g/mol. The molecule has 0 saturated heterocycles. The average molecular weight is 650 g/mol. The number of hydrogen-bond acceptors (Lipinski definition) is 4. The SMILES string of the molecule is Cn1nccc1CC(C(=O)N1CCc2ccccc2C1)N(Cc1ccc(-c2ccncc2)cc1)C(=O)/C=C/c1ccc(C(F)(F)F)cc1. The zero-order valence-electron chi connectivity index (χ0n) is 26.3. The summed E-state index contributed by atoms with van der Waals surface area (Å²) in [6.45, 7) is 1.08. The van der Waals surface area contributed by atoms with Gasteiger partial charge in [0.15, 0.2) is 0 Å². The molecule has 1 aliphatic rings. The van der Waals surface area contributed by atoms with Gasteiger partial charge in [0, 0.05) is 63.5 Å². The first-order valence-electron chi connectivity index (χ1n) is 15.6. The summed E-state index contributed by atoms with van der Waals surface area (Å²) < 4.78 is 41.1. The van der Waals surface area contributed by atoms with Crippen LogP contribution >= 0.6 is 0 Å². The van der Waals surface area contributed by atoms with Gasteiger partial charge in [-0.05, 0) is 76.2 Å². The highest BCUT2D eigenvalue weighted by Crippen LogP contribution is 2.29. The fourth-order valence-corrected chi connectivity index (χ4v) is 5.96. The molecule has 0 aliphatic carbocycles. The van der Waals surface area contributed by atoms with E-state index in [1.165, 1.54) is 29.8 Å². The van der Waals surface area contributed by atoms with Crippen molar-refractivity contribution in [2.24, 2.45) is 7.05 Å². The van der Waals surface area contributed by atoms with E-state index >= 15 is 0 Å². The van der Waals surface area contributed by atoms with Gasteiger partial charge in [-0.15, -0.1) is 0 Å². The van der Waals surface area contributed by atoms with Crippen LogP contribution in [0, 0.1) is 0 Å². The Balaban J connectivity index is 1.34. The molecule has 1 aliphatic heterocycles. The molecule has 1 atom stereocenters. The van der Waals surface area contributed by atoms with Gasteiger partial charge in [-0.25, -0.2) is 0 Å². The molecule has 0 saturated carbocycles. The third kappa shape index (κ3) is 7.54. The Morgan fingerprint density at radius 3 is 2.23 bits per heavy atom. The van der Waals surface area contributed by atoms with E-state index < -0.39 is 23.7 Å². The largest absolute Gasteiger partial charge is 0.416 e. The molecule has 2 aromatic heterocycles. The van der Waals surface area contributed by atoms with Gasteiger partial charge in [0.05, 0.1) is 5.56 Å². The number of aromatic nitrogens is 3. The predicted octanol–water partition coefficient (Wildman–Crippen LogP) is 6.74. The summed E-state index contributed by atoms with van der Waals surface area (Å²) in [5, 5.41) is 4.29. The van der Waals surface area contributed by atoms with E-state index in [0.29, 0.717) is 25.1 Å². The topological polar surface area (TPSA) is 71.3 Å². The van der Waals surface area contributed by atoms with Gasteiger partial charge in [-0.3, -0.25) is 19.3 Å². The van der Waals surface area contributed by atoms with Crippen LogP contribution in [0.4, 0.5) is 13.2 Å². The summed E-state index contributed by atoms with van der Waals surface area (Å²) in [5.41, 5.74) is 5.51. The van der Waals surface area contributed by atoms with Crippen molar-refractivity contribution in [3.8, 4) is 11.1 Å². The van der Waals surface area contributed by atoms with Crippen LogP contribution in [-0.2, 0) is 48.7 Å². The van der Waals surface area contributed by atoms with E-state index in [4.69, 9.17) is 0 Å². The number of fused-ring (bicyclic) bond motifs is 1. The number of carbonyl (C=O) groups excluding carboxylic acids is 2. The van der Waals surface area contributed by atoms with Crippen LogP contribution in [0.2, 0.25) is 0 Å². The Hall–Kier alpha value is -5.51. The zero-order chi connectivity index (χ0) is 33.7. The first-order chi connectivity index (χ1) is 23.2. The van der Waals surface area contributed by atoms with Gasteiger partial charge < -0.3 is 9.80 Å². The van der Waals surface area contributed by atoms with E-state index in [2.05, 4.69) is 16.1 Å². The Morgan fingerprint density at radius 1 is 0.875 bits per heavy atom. The molecule has 6 rings (SSSR count). The molecule has 0 N–H and O–H groups in total. The number of pyridine rings is 1. The second-order valence-electron chi connectivity index (χ2n) is 11.8. The quantitative estimate of drug-likeness (QED) is 0.166. The molecule has 5 aromatic rings. The number of nitrogens with zero attached hydrogens (tertiary/aromatic N) is 5. The average Bonchev–Trinajstić information content (AvgIpc) is 3.52. The fraction of sp³-hybridized carbons (Fsp3) is 0.211. The Labute approximate surface area is 277 Å². The number of hydrogen-bond donors (Lipinski definition) is 0. The van der Waals surface area contributed by atoms with Crippen LogP contribution in [0.3, 0.4) is 0 Å². The van der Waals surface area contributed by atoms with Gasteiger partial charge in [-0.2, -0.15) is 18.3 Å². The third-order valence-electron chi connectivity index (χ3n) is 8.69. The Morgan fingerprint density at radius 2 is 1.56 bits per heavy atom. The van der Waals surface area contributed by atoms with Crippen LogP contribution in [0.1, 0.15) is 33.5 Å². The predicted molar refractivity (Wildman–Crippen MR) is 177 cm³/mol. The van der Waals surface area contributed by atoms with Crippen molar-refractivity contribution < 1.29 is 22.8 Å². The smallest absolute Gasteiger partial charge is 0.336 e. The van der Waals surface area contributed by atoms with E-state index in [1.807, 2.05) is 60.7 Å². The van der Waals surface area contributed by atoms with Crippen molar-refractivity contribution in [3.05, 3.63) is 149 Å². The summed E-state index contributed by atoms with van der Waals surface area (Å²) in [4.78, 5) is 36.1. The molecule has 0 spiro atoms. The minimum absolute atomic E-state index is 0.130. The normalized spacial score (nSPS) is 13.7. The third-order valence-corrected chi connectivity index (χ3v) is 8.69. The number of carbonyl (C=O) groups is 2. The summed E-state index contributed by atoms with van der Waals surface area (Å²) in [6, 6.07) is 25.2. The number of benzene rings is 3. The number of alkyl halides is 3. The van der Waals surface area contributed by atoms with Crippen molar-refractivity contribution in [1.29, 1.82) is 0 Å². The second kappa shape index (κ2) is 14.1. The molecule has 3 aromatic carbocycles. The highest BCUT2D eigenvalue weighted by Gasteiger charge is 2.35. The number of aryl methyl sites for hydroxylation is 1. The fourth-order valence-electron chi connectivity index (χ4n) is 5.96. The minimum atomic E-state index is -4.46. The first-order valence-corrected chi connectivity index (χ1v) is 15.6. The van der Waals surface area contributed by atoms with Crippen molar-refractivity contribution in [1.82, 2.24) is 24.6 Å². The van der Waals surface area contributed by atoms with Crippen LogP contribution in [0.25, 0.3) is 17.2 Å². The second-order valence-corrected chi connectivity index (χ2v) is 11.8. The molecule has 48 heavy (non-hydrogen) atoms. The maximum Gasteiger partial charge on any atom is 0.416 e. The molecular formula is C38H34F3N5O2. The lowest BCUT2D eigenvalue weighted by Crippen LogP contribution is -2.52. The summed E-state index contributed by atoms with van der Waals surface area (Å²) in [7, 11) is 1.79. The first kappa shape index (κ1) is 32.4. The van der Waals surface area contributed by atoms with Crippen LogP contribution < -0.4 is 0 Å². The van der Waals surface area contributed by atoms with Crippen LogP contribution in [0.5, 0.6) is 0 Å². The van der Waals surface area contributed by atoms with Crippen molar-refractivity contribution in [2.45, 2.75) is 38.1 Å². The molecule has 2 amide bonds. The van der Waals surface area contributed by atoms with Gasteiger partial charge >= 0.3 is 6.18 Å². The standard InChI is InChI=1S/C38H34F3N5O2/c1-44-34(18-22-43-44)24-35(37(48)45-23-19-29-4-2-3-5-32(29)26-45)46(25-28-6-11-30(12-7-28)31-16-20-42-21-17-31)36(47)15-10-27-8-13-33(14-9-27)38(39,40)41/h2-18,20-22,35H,19,23-26H2,1H3/b15-10+. The molecule has 1 unspecified atom stereocenters. The molecule has 0 bridgehead atoms. The molecular weight excluding hydrogens is 615 g/mol. The van der Waals surface area contributed by atoms with Crippen molar-refractivity contribution in [2.75, 3.05) is 6.54 Å². The lowest BCUT2D eigenvalue weighted by Gasteiger charge is -2.36. The maximum atomic E-state index is 14.5. The highest BCUT2D eigenvalue weighted by molar-refractivity contribution is 5.96. The molecule has 7 nitrogen and oxygen atoms in total. The molecule has 0 radical (unpaired) electrons. The number of rotatable bonds is 9.